The number of allylic oxidation sites excluding steroid dienone is 1. The minimum atomic E-state index is -1.65. The number of alkyl halides is 3. The molecule has 0 spiro atoms. The van der Waals surface area contributed by atoms with E-state index >= 15 is 0 Å². The second-order valence-electron chi connectivity index (χ2n) is 8.84. The van der Waals surface area contributed by atoms with Gasteiger partial charge in [-0.15, -0.1) is 0 Å². The van der Waals surface area contributed by atoms with E-state index in [0.29, 0.717) is 30.2 Å². The molecule has 0 saturated heterocycles. The normalized spacial score (nSPS) is 17.9. The molecule has 0 amide bonds. The van der Waals surface area contributed by atoms with E-state index in [0.717, 1.165) is 51.4 Å². The molecule has 2 aromatic carbocycles. The van der Waals surface area contributed by atoms with Crippen LogP contribution in [0.1, 0.15) is 34.0 Å². The molecule has 6 nitrogen and oxygen atoms in total. The Labute approximate surface area is 224 Å². The van der Waals surface area contributed by atoms with Gasteiger partial charge >= 0.3 is 0 Å². The van der Waals surface area contributed by atoms with Crippen LogP contribution in [0.15, 0.2) is 48.7 Å². The Hall–Kier alpha value is -2.80. The average Bonchev–Trinajstić information content (AvgIpc) is 3.33. The standard InChI is InChI=1S/C27H23Cl3N2O4/c1-33-20-7-6-17-19(12-16-5-3-4-9-31-16)24-18-13-22-21(35-14-36-22)11-15(18)8-10-32(24)26(27(28,29)30)23(17)25(20)34-2/h3-7,9,11,13,26H,8,10,12,14H2,1-2H3. The molecule has 1 atom stereocenters. The van der Waals surface area contributed by atoms with Gasteiger partial charge in [0.2, 0.25) is 10.6 Å². The van der Waals surface area contributed by atoms with Gasteiger partial charge in [0, 0.05) is 41.7 Å². The van der Waals surface area contributed by atoms with Crippen LogP contribution in [0.3, 0.4) is 0 Å². The molecule has 0 aliphatic carbocycles. The van der Waals surface area contributed by atoms with Crippen molar-refractivity contribution in [3.8, 4) is 23.0 Å². The number of nitrogens with zero attached hydrogens (tertiary/aromatic N) is 2. The van der Waals surface area contributed by atoms with Gasteiger partial charge in [0.25, 0.3) is 0 Å². The van der Waals surface area contributed by atoms with Crippen molar-refractivity contribution >= 4 is 46.1 Å². The van der Waals surface area contributed by atoms with Crippen LogP contribution >= 0.6 is 34.8 Å². The van der Waals surface area contributed by atoms with Gasteiger partial charge in [0.15, 0.2) is 23.0 Å². The molecule has 3 aromatic rings. The Morgan fingerprint density at radius 1 is 1.03 bits per heavy atom. The average molecular weight is 546 g/mol. The largest absolute Gasteiger partial charge is 0.493 e. The summed E-state index contributed by atoms with van der Waals surface area (Å²) in [6, 6.07) is 13.3. The highest BCUT2D eigenvalue weighted by Crippen LogP contribution is 2.58. The highest BCUT2D eigenvalue weighted by Gasteiger charge is 2.48. The number of ether oxygens (including phenoxy) is 4. The summed E-state index contributed by atoms with van der Waals surface area (Å²) in [5, 5.41) is 0. The summed E-state index contributed by atoms with van der Waals surface area (Å²) in [5.41, 5.74) is 6.92. The summed E-state index contributed by atoms with van der Waals surface area (Å²) < 4.78 is 21.2. The topological polar surface area (TPSA) is 53.1 Å². The van der Waals surface area contributed by atoms with Crippen LogP contribution < -0.4 is 18.9 Å². The highest BCUT2D eigenvalue weighted by molar-refractivity contribution is 6.68. The van der Waals surface area contributed by atoms with Gasteiger partial charge in [-0.1, -0.05) is 46.9 Å². The number of halogens is 3. The Balaban J connectivity index is 1.68. The third-order valence-electron chi connectivity index (χ3n) is 6.94. The molecule has 186 valence electrons. The van der Waals surface area contributed by atoms with Gasteiger partial charge in [-0.05, 0) is 53.5 Å². The molecular formula is C27H23Cl3N2O4. The monoisotopic (exact) mass is 544 g/mol. The highest BCUT2D eigenvalue weighted by atomic mass is 35.6. The van der Waals surface area contributed by atoms with Gasteiger partial charge in [-0.3, -0.25) is 4.98 Å². The minimum Gasteiger partial charge on any atom is -0.493 e. The van der Waals surface area contributed by atoms with E-state index in [1.165, 1.54) is 0 Å². The zero-order valence-electron chi connectivity index (χ0n) is 19.7. The Morgan fingerprint density at radius 2 is 1.83 bits per heavy atom. The lowest BCUT2D eigenvalue weighted by Gasteiger charge is -2.47. The van der Waals surface area contributed by atoms with Crippen molar-refractivity contribution in [3.05, 3.63) is 76.6 Å². The SMILES string of the molecule is COc1ccc2c(c1OC)C(C(Cl)(Cl)Cl)N1CCc3cc4c(cc3C1=C2Cc1ccccn1)OCO4. The number of fused-ring (bicyclic) bond motifs is 5. The van der Waals surface area contributed by atoms with Crippen LogP contribution in [0.2, 0.25) is 0 Å². The van der Waals surface area contributed by atoms with Crippen molar-refractivity contribution in [2.75, 3.05) is 27.6 Å². The van der Waals surface area contributed by atoms with Crippen LogP contribution in [0.25, 0.3) is 11.3 Å². The van der Waals surface area contributed by atoms with Crippen molar-refractivity contribution in [2.24, 2.45) is 0 Å². The summed E-state index contributed by atoms with van der Waals surface area (Å²) in [6.45, 7) is 0.852. The first-order chi connectivity index (χ1) is 17.4. The van der Waals surface area contributed by atoms with Crippen molar-refractivity contribution < 1.29 is 18.9 Å². The molecule has 0 bridgehead atoms. The first-order valence-electron chi connectivity index (χ1n) is 11.5. The smallest absolute Gasteiger partial charge is 0.231 e. The molecule has 0 N–H and O–H groups in total. The van der Waals surface area contributed by atoms with Gasteiger partial charge in [-0.2, -0.15) is 0 Å². The first kappa shape index (κ1) is 23.6. The summed E-state index contributed by atoms with van der Waals surface area (Å²) in [4.78, 5) is 6.79. The van der Waals surface area contributed by atoms with Crippen LogP contribution in [0.5, 0.6) is 23.0 Å². The zero-order chi connectivity index (χ0) is 25.0. The number of aromatic nitrogens is 1. The number of rotatable bonds is 4. The van der Waals surface area contributed by atoms with Crippen LogP contribution in [0, 0.1) is 0 Å². The van der Waals surface area contributed by atoms with Gasteiger partial charge in [0.05, 0.1) is 14.2 Å². The molecule has 0 saturated carbocycles. The fourth-order valence-electron chi connectivity index (χ4n) is 5.48. The Kier molecular flexibility index (Phi) is 5.86. The number of hydrogen-bond acceptors (Lipinski definition) is 6. The maximum atomic E-state index is 6.73. The molecule has 1 unspecified atom stereocenters. The quantitative estimate of drug-likeness (QED) is 0.363. The maximum absolute atomic E-state index is 6.73. The Bertz CT molecular complexity index is 1370. The predicted molar refractivity (Wildman–Crippen MR) is 140 cm³/mol. The zero-order valence-corrected chi connectivity index (χ0v) is 22.0. The molecule has 6 rings (SSSR count). The lowest BCUT2D eigenvalue weighted by Crippen LogP contribution is -2.42. The second kappa shape index (κ2) is 8.94. The molecular weight excluding hydrogens is 523 g/mol. The van der Waals surface area contributed by atoms with Crippen molar-refractivity contribution in [1.29, 1.82) is 0 Å². The molecule has 3 aliphatic heterocycles. The lowest BCUT2D eigenvalue weighted by atomic mass is 9.80. The van der Waals surface area contributed by atoms with Crippen LogP contribution in [-0.2, 0) is 12.8 Å². The molecule has 4 heterocycles. The van der Waals surface area contributed by atoms with Gasteiger partial charge < -0.3 is 23.8 Å². The van der Waals surface area contributed by atoms with Gasteiger partial charge in [0.1, 0.15) is 6.04 Å². The number of methoxy groups -OCH3 is 2. The fourth-order valence-corrected chi connectivity index (χ4v) is 6.17. The van der Waals surface area contributed by atoms with E-state index in [4.69, 9.17) is 53.8 Å². The second-order valence-corrected chi connectivity index (χ2v) is 11.2. The first-order valence-corrected chi connectivity index (χ1v) is 12.7. The van der Waals surface area contributed by atoms with Crippen molar-refractivity contribution in [3.63, 3.8) is 0 Å². The van der Waals surface area contributed by atoms with E-state index in [1.54, 1.807) is 20.4 Å². The van der Waals surface area contributed by atoms with Gasteiger partial charge in [-0.25, -0.2) is 0 Å². The Morgan fingerprint density at radius 3 is 2.53 bits per heavy atom. The molecule has 36 heavy (non-hydrogen) atoms. The van der Waals surface area contributed by atoms with E-state index in [1.807, 2.05) is 36.4 Å². The molecule has 0 fully saturated rings. The van der Waals surface area contributed by atoms with Crippen LogP contribution in [0.4, 0.5) is 0 Å². The maximum Gasteiger partial charge on any atom is 0.231 e. The third kappa shape index (κ3) is 3.74. The third-order valence-corrected chi connectivity index (χ3v) is 7.56. The summed E-state index contributed by atoms with van der Waals surface area (Å²) >= 11 is 20.2. The summed E-state index contributed by atoms with van der Waals surface area (Å²) in [6.07, 6.45) is 3.13. The fraction of sp³-hybridized carbons (Fsp3) is 0.296. The molecule has 0 radical (unpaired) electrons. The lowest BCUT2D eigenvalue weighted by molar-refractivity contribution is 0.174. The molecule has 1 aromatic heterocycles. The van der Waals surface area contributed by atoms with Crippen molar-refractivity contribution in [2.45, 2.75) is 22.7 Å². The van der Waals surface area contributed by atoms with E-state index in [2.05, 4.69) is 16.0 Å². The minimum absolute atomic E-state index is 0.207. The summed E-state index contributed by atoms with van der Waals surface area (Å²) in [5.74, 6) is 2.61. The van der Waals surface area contributed by atoms with Crippen LogP contribution in [-0.4, -0.2) is 41.2 Å². The summed E-state index contributed by atoms with van der Waals surface area (Å²) in [7, 11) is 3.21. The number of hydrogen-bond donors (Lipinski definition) is 0. The molecule has 3 aliphatic rings. The van der Waals surface area contributed by atoms with Crippen molar-refractivity contribution in [1.82, 2.24) is 9.88 Å². The van der Waals surface area contributed by atoms with E-state index in [9.17, 15) is 0 Å². The number of benzene rings is 2. The molecule has 9 heteroatoms. The van der Waals surface area contributed by atoms with E-state index < -0.39 is 9.83 Å². The predicted octanol–water partition coefficient (Wildman–Crippen LogP) is 6.22. The van der Waals surface area contributed by atoms with E-state index in [-0.39, 0.29) is 6.79 Å². The number of pyridine rings is 1.